The zero-order valence-corrected chi connectivity index (χ0v) is 20.5. The molecule has 0 aliphatic heterocycles. The first-order valence-electron chi connectivity index (χ1n) is 12.2. The minimum absolute atomic E-state index is 0.300. The van der Waals surface area contributed by atoms with E-state index in [9.17, 15) is 4.79 Å². The Morgan fingerprint density at radius 3 is 2.30 bits per heavy atom. The molecule has 0 saturated carbocycles. The molecule has 5 rings (SSSR count). The van der Waals surface area contributed by atoms with E-state index in [4.69, 9.17) is 0 Å². The molecule has 1 heterocycles. The van der Waals surface area contributed by atoms with Crippen molar-refractivity contribution in [1.29, 1.82) is 0 Å². The van der Waals surface area contributed by atoms with Gasteiger partial charge in [0.05, 0.1) is 0 Å². The summed E-state index contributed by atoms with van der Waals surface area (Å²) in [6, 6.07) is 19.8. The van der Waals surface area contributed by atoms with E-state index in [0.29, 0.717) is 18.1 Å². The number of nitrogens with zero attached hydrogens (tertiary/aromatic N) is 1. The summed E-state index contributed by atoms with van der Waals surface area (Å²) in [6.45, 7) is 11.9. The number of fused-ring (bicyclic) bond motifs is 2. The lowest BCUT2D eigenvalue weighted by molar-refractivity contribution is 0.0972. The maximum absolute atomic E-state index is 13.3. The molecule has 3 aliphatic rings. The first-order chi connectivity index (χ1) is 15.9. The maximum Gasteiger partial charge on any atom is 0.165 e. The van der Waals surface area contributed by atoms with Gasteiger partial charge in [-0.25, -0.2) is 0 Å². The second-order valence-corrected chi connectivity index (χ2v) is 9.98. The van der Waals surface area contributed by atoms with Crippen LogP contribution in [-0.4, -0.2) is 10.4 Å². The Labute approximate surface area is 197 Å². The summed E-state index contributed by atoms with van der Waals surface area (Å²) in [5.41, 5.74) is 13.6. The second kappa shape index (κ2) is 8.33. The van der Waals surface area contributed by atoms with Gasteiger partial charge in [-0.15, -0.1) is 0 Å². The van der Waals surface area contributed by atoms with Crippen molar-refractivity contribution in [3.8, 4) is 22.3 Å². The highest BCUT2D eigenvalue weighted by molar-refractivity contribution is 6.08. The number of hydrogen-bond acceptors (Lipinski definition) is 1. The SMILES string of the molecule is Cc1cc(-c2c3c(n(Cc4ccccc4)c2C)CCCC3=O)c2c(C)ccc(C(C)C)cc1-2. The molecule has 0 fully saturated rings. The van der Waals surface area contributed by atoms with E-state index in [1.165, 1.54) is 50.3 Å². The molecule has 2 aromatic rings. The molecule has 0 saturated heterocycles. The van der Waals surface area contributed by atoms with E-state index in [-0.39, 0.29) is 0 Å². The number of hydrogen-bond donors (Lipinski definition) is 0. The molecule has 0 bridgehead atoms. The highest BCUT2D eigenvalue weighted by atomic mass is 16.1. The van der Waals surface area contributed by atoms with Crippen molar-refractivity contribution in [3.63, 3.8) is 0 Å². The summed E-state index contributed by atoms with van der Waals surface area (Å²) in [4.78, 5) is 13.3. The third kappa shape index (κ3) is 3.62. The molecule has 33 heavy (non-hydrogen) atoms. The lowest BCUT2D eigenvalue weighted by Crippen LogP contribution is -2.14. The quantitative estimate of drug-likeness (QED) is 0.319. The fraction of sp³-hybridized carbons (Fsp3) is 0.323. The van der Waals surface area contributed by atoms with Crippen LogP contribution in [0.4, 0.5) is 0 Å². The minimum atomic E-state index is 0.300. The van der Waals surface area contributed by atoms with Crippen LogP contribution in [0.25, 0.3) is 22.3 Å². The molecule has 0 atom stereocenters. The minimum Gasteiger partial charge on any atom is -0.343 e. The Morgan fingerprint density at radius 2 is 1.58 bits per heavy atom. The summed E-state index contributed by atoms with van der Waals surface area (Å²) in [7, 11) is 0. The number of Topliss-reactive ketones (excluding diaryl/α,β-unsaturated/α-hetero) is 1. The van der Waals surface area contributed by atoms with Gasteiger partial charge < -0.3 is 4.57 Å². The van der Waals surface area contributed by atoms with Crippen LogP contribution in [0, 0.1) is 20.8 Å². The predicted octanol–water partition coefficient (Wildman–Crippen LogP) is 7.88. The van der Waals surface area contributed by atoms with Crippen LogP contribution in [0.15, 0.2) is 54.6 Å². The first-order valence-corrected chi connectivity index (χ1v) is 12.2. The molecule has 1 aromatic carbocycles. The topological polar surface area (TPSA) is 22.0 Å². The van der Waals surface area contributed by atoms with Crippen molar-refractivity contribution >= 4 is 5.78 Å². The summed E-state index contributed by atoms with van der Waals surface area (Å²) in [6.07, 6.45) is 2.56. The number of ketones is 1. The summed E-state index contributed by atoms with van der Waals surface area (Å²) in [5, 5.41) is 0. The van der Waals surface area contributed by atoms with Crippen molar-refractivity contribution in [3.05, 3.63) is 93.8 Å². The van der Waals surface area contributed by atoms with Crippen molar-refractivity contribution in [2.24, 2.45) is 0 Å². The average Bonchev–Trinajstić information content (AvgIpc) is 3.18. The van der Waals surface area contributed by atoms with Crippen molar-refractivity contribution in [1.82, 2.24) is 4.57 Å². The highest BCUT2D eigenvalue weighted by Crippen LogP contribution is 2.46. The Kier molecular flexibility index (Phi) is 5.48. The van der Waals surface area contributed by atoms with Crippen LogP contribution in [0.1, 0.15) is 76.6 Å². The van der Waals surface area contributed by atoms with Gasteiger partial charge in [-0.1, -0.05) is 68.4 Å². The summed E-state index contributed by atoms with van der Waals surface area (Å²) >= 11 is 0. The third-order valence-corrected chi connectivity index (χ3v) is 7.40. The molecular formula is C31H33NO. The molecule has 2 nitrogen and oxygen atoms in total. The van der Waals surface area contributed by atoms with Gasteiger partial charge >= 0.3 is 0 Å². The monoisotopic (exact) mass is 435 g/mol. The van der Waals surface area contributed by atoms with E-state index in [2.05, 4.69) is 93.8 Å². The maximum atomic E-state index is 13.3. The van der Waals surface area contributed by atoms with Crippen LogP contribution in [0.3, 0.4) is 0 Å². The standard InChI is InChI=1S/C31H33NO/c1-19(2)24-15-14-20(3)29-25(17-24)21(4)16-26(29)30-22(5)32(18-23-10-7-6-8-11-23)27-12-9-13-28(33)31(27)30/h6-8,10-11,14-17,19H,9,12-13,18H2,1-5H3. The van der Waals surface area contributed by atoms with E-state index in [0.717, 1.165) is 30.5 Å². The van der Waals surface area contributed by atoms with Gasteiger partial charge in [0.2, 0.25) is 0 Å². The van der Waals surface area contributed by atoms with Crippen LogP contribution >= 0.6 is 0 Å². The lowest BCUT2D eigenvalue weighted by atomic mass is 9.89. The average molecular weight is 436 g/mol. The van der Waals surface area contributed by atoms with Gasteiger partial charge in [0.1, 0.15) is 0 Å². The fourth-order valence-electron chi connectivity index (χ4n) is 5.60. The largest absolute Gasteiger partial charge is 0.343 e. The number of benzene rings is 1. The zero-order valence-electron chi connectivity index (χ0n) is 20.5. The molecule has 3 aliphatic carbocycles. The molecular weight excluding hydrogens is 402 g/mol. The van der Waals surface area contributed by atoms with Crippen molar-refractivity contribution in [2.75, 3.05) is 0 Å². The van der Waals surface area contributed by atoms with Crippen LogP contribution in [-0.2, 0) is 13.0 Å². The van der Waals surface area contributed by atoms with E-state index < -0.39 is 0 Å². The van der Waals surface area contributed by atoms with Gasteiger partial charge in [0.25, 0.3) is 0 Å². The van der Waals surface area contributed by atoms with E-state index >= 15 is 0 Å². The van der Waals surface area contributed by atoms with Crippen LogP contribution < -0.4 is 0 Å². The first kappa shape index (κ1) is 21.7. The summed E-state index contributed by atoms with van der Waals surface area (Å²) in [5.74, 6) is 0.773. The van der Waals surface area contributed by atoms with E-state index in [1.54, 1.807) is 0 Å². The Morgan fingerprint density at radius 1 is 0.818 bits per heavy atom. The number of carbonyl (C=O) groups excluding carboxylic acids is 1. The number of rotatable bonds is 4. The van der Waals surface area contributed by atoms with Crippen LogP contribution in [0.2, 0.25) is 0 Å². The Balaban J connectivity index is 1.77. The van der Waals surface area contributed by atoms with Crippen molar-refractivity contribution in [2.45, 2.75) is 66.3 Å². The molecule has 0 unspecified atom stereocenters. The van der Waals surface area contributed by atoms with Gasteiger partial charge in [-0.2, -0.15) is 0 Å². The Hall–Kier alpha value is -3.13. The highest BCUT2D eigenvalue weighted by Gasteiger charge is 2.31. The lowest BCUT2D eigenvalue weighted by Gasteiger charge is -2.16. The smallest absolute Gasteiger partial charge is 0.165 e. The normalized spacial score (nSPS) is 13.7. The third-order valence-electron chi connectivity index (χ3n) is 7.40. The molecule has 0 N–H and O–H groups in total. The fourth-order valence-corrected chi connectivity index (χ4v) is 5.60. The molecule has 1 aromatic heterocycles. The number of aryl methyl sites for hydroxylation is 2. The molecule has 0 spiro atoms. The van der Waals surface area contributed by atoms with Gasteiger partial charge in [0.15, 0.2) is 5.78 Å². The van der Waals surface area contributed by atoms with Crippen LogP contribution in [0.5, 0.6) is 0 Å². The van der Waals surface area contributed by atoms with Gasteiger partial charge in [-0.05, 0) is 78.5 Å². The Bertz CT molecular complexity index is 1320. The molecule has 2 heteroatoms. The predicted molar refractivity (Wildman–Crippen MR) is 138 cm³/mol. The summed E-state index contributed by atoms with van der Waals surface area (Å²) < 4.78 is 2.41. The zero-order chi connectivity index (χ0) is 23.3. The molecule has 0 radical (unpaired) electrons. The molecule has 168 valence electrons. The number of carbonyl (C=O) groups is 1. The van der Waals surface area contributed by atoms with Gasteiger partial charge in [-0.3, -0.25) is 4.79 Å². The number of aromatic nitrogens is 1. The van der Waals surface area contributed by atoms with E-state index in [1.807, 2.05) is 0 Å². The van der Waals surface area contributed by atoms with Crippen molar-refractivity contribution < 1.29 is 4.79 Å². The van der Waals surface area contributed by atoms with Gasteiger partial charge in [0, 0.05) is 35.5 Å². The second-order valence-electron chi connectivity index (χ2n) is 9.98. The molecule has 0 amide bonds.